The molecule has 10 heteroatoms. The summed E-state index contributed by atoms with van der Waals surface area (Å²) in [6.07, 6.45) is 2.15. The monoisotopic (exact) mass is 535 g/mol. The molecule has 0 aromatic heterocycles. The molecule has 0 heterocycles. The molecule has 0 saturated heterocycles. The number of ether oxygens (including phenoxy) is 1. The molecule has 0 saturated carbocycles. The predicted octanol–water partition coefficient (Wildman–Crippen LogP) is 4.10. The Hall–Kier alpha value is -3.14. The van der Waals surface area contributed by atoms with Crippen LogP contribution in [0.25, 0.3) is 0 Å². The van der Waals surface area contributed by atoms with Crippen LogP contribution in [0.4, 0.5) is 10.1 Å². The SMILES string of the molecule is CCOc1ccc(N(CCCC(=O)N(Cc2ccc(F)cc2)[C@@H](C)C(=O)N[C@H](C)CC)S(C)(=O)=O)cc1. The van der Waals surface area contributed by atoms with Gasteiger partial charge in [0.15, 0.2) is 0 Å². The number of anilines is 1. The number of nitrogens with zero attached hydrogens (tertiary/aromatic N) is 2. The van der Waals surface area contributed by atoms with Gasteiger partial charge in [-0.1, -0.05) is 19.1 Å². The van der Waals surface area contributed by atoms with Crippen molar-refractivity contribution in [3.8, 4) is 5.75 Å². The lowest BCUT2D eigenvalue weighted by molar-refractivity contribution is -0.140. The summed E-state index contributed by atoms with van der Waals surface area (Å²) in [5, 5.41) is 2.90. The van der Waals surface area contributed by atoms with Gasteiger partial charge in [0.2, 0.25) is 21.8 Å². The molecular weight excluding hydrogens is 497 g/mol. The Morgan fingerprint density at radius 2 is 1.65 bits per heavy atom. The Morgan fingerprint density at radius 3 is 2.19 bits per heavy atom. The van der Waals surface area contributed by atoms with E-state index < -0.39 is 16.1 Å². The first kappa shape index (κ1) is 30.1. The highest BCUT2D eigenvalue weighted by atomic mass is 32.2. The fourth-order valence-corrected chi connectivity index (χ4v) is 4.68. The van der Waals surface area contributed by atoms with Crippen molar-refractivity contribution in [2.75, 3.05) is 23.7 Å². The molecule has 0 fully saturated rings. The van der Waals surface area contributed by atoms with Gasteiger partial charge in [-0.3, -0.25) is 13.9 Å². The largest absolute Gasteiger partial charge is 0.494 e. The van der Waals surface area contributed by atoms with E-state index in [0.717, 1.165) is 12.7 Å². The zero-order valence-corrected chi connectivity index (χ0v) is 23.1. The molecule has 0 radical (unpaired) electrons. The quantitative estimate of drug-likeness (QED) is 0.393. The van der Waals surface area contributed by atoms with E-state index in [0.29, 0.717) is 23.6 Å². The lowest BCUT2D eigenvalue weighted by Gasteiger charge is -2.30. The smallest absolute Gasteiger partial charge is 0.242 e. The Balaban J connectivity index is 2.15. The fraction of sp³-hybridized carbons (Fsp3) is 0.481. The van der Waals surface area contributed by atoms with Gasteiger partial charge in [-0.15, -0.1) is 0 Å². The molecule has 0 aliphatic heterocycles. The van der Waals surface area contributed by atoms with E-state index >= 15 is 0 Å². The third kappa shape index (κ3) is 9.35. The number of hydrogen-bond acceptors (Lipinski definition) is 5. The first-order valence-electron chi connectivity index (χ1n) is 12.5. The number of carbonyl (C=O) groups is 2. The number of rotatable bonds is 14. The molecule has 0 aliphatic rings. The zero-order valence-electron chi connectivity index (χ0n) is 22.2. The van der Waals surface area contributed by atoms with Gasteiger partial charge in [0, 0.05) is 25.6 Å². The van der Waals surface area contributed by atoms with Crippen molar-refractivity contribution < 1.29 is 27.1 Å². The molecule has 2 atom stereocenters. The summed E-state index contributed by atoms with van der Waals surface area (Å²) in [6.45, 7) is 8.08. The van der Waals surface area contributed by atoms with Crippen molar-refractivity contribution in [1.82, 2.24) is 10.2 Å². The van der Waals surface area contributed by atoms with Gasteiger partial charge in [0.05, 0.1) is 18.6 Å². The zero-order chi connectivity index (χ0) is 27.6. The van der Waals surface area contributed by atoms with Gasteiger partial charge in [-0.05, 0) is 75.6 Å². The van der Waals surface area contributed by atoms with E-state index in [-0.39, 0.29) is 49.6 Å². The lowest BCUT2D eigenvalue weighted by Crippen LogP contribution is -2.49. The second kappa shape index (κ2) is 14.0. The number of carbonyl (C=O) groups excluding carboxylic acids is 2. The highest BCUT2D eigenvalue weighted by Crippen LogP contribution is 2.22. The summed E-state index contributed by atoms with van der Waals surface area (Å²) in [6, 6.07) is 11.7. The molecule has 0 spiro atoms. The maximum atomic E-state index is 13.4. The molecule has 2 rings (SSSR count). The lowest BCUT2D eigenvalue weighted by atomic mass is 10.1. The van der Waals surface area contributed by atoms with Crippen LogP contribution < -0.4 is 14.4 Å². The van der Waals surface area contributed by atoms with E-state index in [2.05, 4.69) is 5.32 Å². The molecule has 204 valence electrons. The molecule has 0 unspecified atom stereocenters. The summed E-state index contributed by atoms with van der Waals surface area (Å²) in [5.74, 6) is -0.330. The normalized spacial score (nSPS) is 12.9. The molecule has 2 aromatic rings. The molecule has 8 nitrogen and oxygen atoms in total. The highest BCUT2D eigenvalue weighted by molar-refractivity contribution is 7.92. The Morgan fingerprint density at radius 1 is 1.03 bits per heavy atom. The molecule has 2 aromatic carbocycles. The number of sulfonamides is 1. The molecule has 37 heavy (non-hydrogen) atoms. The average Bonchev–Trinajstić information content (AvgIpc) is 2.85. The third-order valence-electron chi connectivity index (χ3n) is 6.02. The third-order valence-corrected chi connectivity index (χ3v) is 7.22. The van der Waals surface area contributed by atoms with Crippen LogP contribution in [0, 0.1) is 5.82 Å². The number of halogens is 1. The Labute approximate surface area is 219 Å². The maximum Gasteiger partial charge on any atom is 0.242 e. The highest BCUT2D eigenvalue weighted by Gasteiger charge is 2.27. The molecule has 1 N–H and O–H groups in total. The van der Waals surface area contributed by atoms with E-state index in [4.69, 9.17) is 4.74 Å². The van der Waals surface area contributed by atoms with Crippen molar-refractivity contribution in [2.45, 2.75) is 65.6 Å². The summed E-state index contributed by atoms with van der Waals surface area (Å²) in [4.78, 5) is 27.6. The van der Waals surface area contributed by atoms with Gasteiger partial charge < -0.3 is 15.0 Å². The fourth-order valence-electron chi connectivity index (χ4n) is 3.71. The van der Waals surface area contributed by atoms with Gasteiger partial charge in [0.25, 0.3) is 0 Å². The van der Waals surface area contributed by atoms with Crippen LogP contribution in [-0.2, 0) is 26.2 Å². The van der Waals surface area contributed by atoms with Crippen molar-refractivity contribution in [3.05, 3.63) is 59.9 Å². The van der Waals surface area contributed by atoms with Crippen LogP contribution in [0.1, 0.15) is 52.5 Å². The summed E-state index contributed by atoms with van der Waals surface area (Å²) < 4.78 is 45.0. The summed E-state index contributed by atoms with van der Waals surface area (Å²) >= 11 is 0. The van der Waals surface area contributed by atoms with E-state index in [1.54, 1.807) is 43.3 Å². The maximum absolute atomic E-state index is 13.4. The van der Waals surface area contributed by atoms with Crippen LogP contribution in [0.3, 0.4) is 0 Å². The van der Waals surface area contributed by atoms with E-state index in [1.165, 1.54) is 21.3 Å². The number of benzene rings is 2. The predicted molar refractivity (Wildman–Crippen MR) is 143 cm³/mol. The molecule has 0 bridgehead atoms. The number of hydrogen-bond donors (Lipinski definition) is 1. The average molecular weight is 536 g/mol. The first-order valence-corrected chi connectivity index (χ1v) is 14.4. The topological polar surface area (TPSA) is 96.0 Å². The number of amides is 2. The van der Waals surface area contributed by atoms with Crippen LogP contribution in [0.5, 0.6) is 5.75 Å². The van der Waals surface area contributed by atoms with Gasteiger partial charge in [0.1, 0.15) is 17.6 Å². The Kier molecular flexibility index (Phi) is 11.4. The van der Waals surface area contributed by atoms with Crippen molar-refractivity contribution in [3.63, 3.8) is 0 Å². The summed E-state index contributed by atoms with van der Waals surface area (Å²) in [7, 11) is -3.59. The van der Waals surface area contributed by atoms with E-state index in [1.807, 2.05) is 20.8 Å². The van der Waals surface area contributed by atoms with Crippen molar-refractivity contribution >= 4 is 27.5 Å². The van der Waals surface area contributed by atoms with E-state index in [9.17, 15) is 22.4 Å². The minimum atomic E-state index is -3.59. The minimum Gasteiger partial charge on any atom is -0.494 e. The van der Waals surface area contributed by atoms with Crippen LogP contribution in [-0.4, -0.2) is 56.6 Å². The van der Waals surface area contributed by atoms with Crippen LogP contribution in [0.2, 0.25) is 0 Å². The Bertz CT molecular complexity index is 1120. The molecule has 2 amide bonds. The van der Waals surface area contributed by atoms with Gasteiger partial charge in [-0.25, -0.2) is 12.8 Å². The van der Waals surface area contributed by atoms with Gasteiger partial charge in [-0.2, -0.15) is 0 Å². The molecular formula is C27H38FN3O5S. The van der Waals surface area contributed by atoms with Gasteiger partial charge >= 0.3 is 0 Å². The standard InChI is InChI=1S/C27H38FN3O5S/c1-6-20(3)29-27(33)21(4)30(19-22-10-12-23(28)13-11-22)26(32)9-8-18-31(37(5,34)35)24-14-16-25(17-15-24)36-7-2/h10-17,20-21H,6-9,18-19H2,1-5H3,(H,29,33)/t20-,21+/m1/s1. The number of nitrogens with one attached hydrogen (secondary N) is 1. The summed E-state index contributed by atoms with van der Waals surface area (Å²) in [5.41, 5.74) is 1.16. The van der Waals surface area contributed by atoms with Crippen molar-refractivity contribution in [1.29, 1.82) is 0 Å². The first-order chi connectivity index (χ1) is 17.5. The second-order valence-electron chi connectivity index (χ2n) is 9.01. The minimum absolute atomic E-state index is 0.0329. The second-order valence-corrected chi connectivity index (χ2v) is 10.9. The van der Waals surface area contributed by atoms with Crippen LogP contribution >= 0.6 is 0 Å². The van der Waals surface area contributed by atoms with Crippen molar-refractivity contribution in [2.24, 2.45) is 0 Å². The molecule has 0 aliphatic carbocycles. The van der Waals surface area contributed by atoms with Crippen LogP contribution in [0.15, 0.2) is 48.5 Å².